The second kappa shape index (κ2) is 11.7. The van der Waals surface area contributed by atoms with E-state index in [-0.39, 0.29) is 17.4 Å². The van der Waals surface area contributed by atoms with E-state index in [1.54, 1.807) is 68.4 Å². The number of hydrogen-bond donors (Lipinski definition) is 2. The quantitative estimate of drug-likeness (QED) is 0.419. The van der Waals surface area contributed by atoms with Crippen LogP contribution in [-0.4, -0.2) is 39.9 Å². The van der Waals surface area contributed by atoms with E-state index in [1.165, 1.54) is 30.4 Å². The predicted molar refractivity (Wildman–Crippen MR) is 131 cm³/mol. The fourth-order valence-corrected chi connectivity index (χ4v) is 4.60. The number of nitrogens with one attached hydrogen (secondary N) is 2. The van der Waals surface area contributed by atoms with Crippen LogP contribution in [0.25, 0.3) is 0 Å². The van der Waals surface area contributed by atoms with Gasteiger partial charge in [0.25, 0.3) is 0 Å². The van der Waals surface area contributed by atoms with Crippen LogP contribution in [0, 0.1) is 5.92 Å². The van der Waals surface area contributed by atoms with E-state index >= 15 is 0 Å². The van der Waals surface area contributed by atoms with Gasteiger partial charge >= 0.3 is 0 Å². The summed E-state index contributed by atoms with van der Waals surface area (Å²) in [5.74, 6) is -0.406. The number of furan rings is 1. The number of nitrogens with zero attached hydrogens (tertiary/aromatic N) is 1. The molecule has 0 aliphatic carbocycles. The Balaban J connectivity index is 1.91. The van der Waals surface area contributed by atoms with Gasteiger partial charge in [-0.3, -0.25) is 14.5 Å². The second-order valence-electron chi connectivity index (χ2n) is 8.06. The third-order valence-electron chi connectivity index (χ3n) is 5.28. The average molecular weight is 500 g/mol. The Kier molecular flexibility index (Phi) is 8.67. The molecule has 10 heteroatoms. The highest BCUT2D eigenvalue weighted by atomic mass is 32.2. The molecule has 3 aromatic rings. The molecule has 9 nitrogen and oxygen atoms in total. The number of amides is 2. The number of anilines is 1. The highest BCUT2D eigenvalue weighted by Crippen LogP contribution is 2.31. The SMILES string of the molecule is COc1ccccc1N(C(=O)CNS(=O)(=O)c1ccccc1)[C@@H](C(=O)NCc1ccco1)C(C)C. The monoisotopic (exact) mass is 499 g/mol. The molecule has 1 atom stereocenters. The Labute approximate surface area is 205 Å². The molecular formula is C25H29N3O6S. The number of carbonyl (C=O) groups is 2. The average Bonchev–Trinajstić information content (AvgIpc) is 3.38. The van der Waals surface area contributed by atoms with E-state index in [2.05, 4.69) is 10.0 Å². The molecule has 0 spiro atoms. The zero-order chi connectivity index (χ0) is 25.4. The Bertz CT molecular complexity index is 1230. The van der Waals surface area contributed by atoms with Crippen molar-refractivity contribution in [1.82, 2.24) is 10.0 Å². The molecule has 2 amide bonds. The van der Waals surface area contributed by atoms with Gasteiger partial charge in [-0.05, 0) is 42.3 Å². The lowest BCUT2D eigenvalue weighted by Gasteiger charge is -2.34. The number of hydrogen-bond acceptors (Lipinski definition) is 6. The maximum absolute atomic E-state index is 13.5. The van der Waals surface area contributed by atoms with Crippen LogP contribution >= 0.6 is 0 Å². The summed E-state index contributed by atoms with van der Waals surface area (Å²) in [6, 6.07) is 17.0. The third-order valence-corrected chi connectivity index (χ3v) is 6.69. The highest BCUT2D eigenvalue weighted by molar-refractivity contribution is 7.89. The van der Waals surface area contributed by atoms with Gasteiger partial charge in [0.15, 0.2) is 0 Å². The van der Waals surface area contributed by atoms with Gasteiger partial charge in [-0.1, -0.05) is 44.2 Å². The molecule has 1 aromatic heterocycles. The van der Waals surface area contributed by atoms with E-state index in [0.29, 0.717) is 17.2 Å². The van der Waals surface area contributed by atoms with Gasteiger partial charge in [-0.25, -0.2) is 13.1 Å². The van der Waals surface area contributed by atoms with Crippen molar-refractivity contribution in [2.75, 3.05) is 18.6 Å². The van der Waals surface area contributed by atoms with E-state index in [0.717, 1.165) is 0 Å². The number of sulfonamides is 1. The molecule has 35 heavy (non-hydrogen) atoms. The van der Waals surface area contributed by atoms with Crippen LogP contribution in [0.1, 0.15) is 19.6 Å². The van der Waals surface area contributed by atoms with E-state index in [4.69, 9.17) is 9.15 Å². The molecule has 0 unspecified atom stereocenters. The summed E-state index contributed by atoms with van der Waals surface area (Å²) >= 11 is 0. The van der Waals surface area contributed by atoms with Gasteiger partial charge in [-0.2, -0.15) is 0 Å². The first kappa shape index (κ1) is 26.0. The first-order valence-electron chi connectivity index (χ1n) is 11.0. The van der Waals surface area contributed by atoms with Gasteiger partial charge in [0, 0.05) is 0 Å². The molecule has 3 rings (SSSR count). The Morgan fingerprint density at radius 1 is 1.00 bits per heavy atom. The molecule has 2 N–H and O–H groups in total. The van der Waals surface area contributed by atoms with Crippen molar-refractivity contribution in [1.29, 1.82) is 0 Å². The fraction of sp³-hybridized carbons (Fsp3) is 0.280. The van der Waals surface area contributed by atoms with Gasteiger partial charge in [-0.15, -0.1) is 0 Å². The predicted octanol–water partition coefficient (Wildman–Crippen LogP) is 2.94. The summed E-state index contributed by atoms with van der Waals surface area (Å²) < 4.78 is 38.5. The number of rotatable bonds is 11. The van der Waals surface area contributed by atoms with Gasteiger partial charge < -0.3 is 14.5 Å². The maximum atomic E-state index is 13.5. The smallest absolute Gasteiger partial charge is 0.243 e. The number of benzene rings is 2. The zero-order valence-corrected chi connectivity index (χ0v) is 20.6. The third kappa shape index (κ3) is 6.49. The van der Waals surface area contributed by atoms with Crippen molar-refractivity contribution in [3.8, 4) is 5.75 Å². The van der Waals surface area contributed by atoms with Crippen LogP contribution in [0.2, 0.25) is 0 Å². The van der Waals surface area contributed by atoms with Crippen molar-refractivity contribution < 1.29 is 27.2 Å². The number of ether oxygens (including phenoxy) is 1. The zero-order valence-electron chi connectivity index (χ0n) is 19.8. The van der Waals surface area contributed by atoms with Crippen molar-refractivity contribution in [3.63, 3.8) is 0 Å². The fourth-order valence-electron chi connectivity index (χ4n) is 3.60. The lowest BCUT2D eigenvalue weighted by molar-refractivity contribution is -0.127. The molecule has 2 aromatic carbocycles. The molecule has 0 radical (unpaired) electrons. The largest absolute Gasteiger partial charge is 0.495 e. The molecule has 0 bridgehead atoms. The van der Waals surface area contributed by atoms with Crippen molar-refractivity contribution in [2.24, 2.45) is 5.92 Å². The van der Waals surface area contributed by atoms with Crippen molar-refractivity contribution >= 4 is 27.5 Å². The van der Waals surface area contributed by atoms with E-state index in [9.17, 15) is 18.0 Å². The topological polar surface area (TPSA) is 118 Å². The number of methoxy groups -OCH3 is 1. The molecule has 0 saturated heterocycles. The van der Waals surface area contributed by atoms with Crippen LogP contribution in [0.4, 0.5) is 5.69 Å². The number of para-hydroxylation sites is 2. The minimum atomic E-state index is -3.93. The summed E-state index contributed by atoms with van der Waals surface area (Å²) in [4.78, 5) is 28.1. The lowest BCUT2D eigenvalue weighted by Crippen LogP contribution is -2.54. The van der Waals surface area contributed by atoms with E-state index < -0.39 is 34.4 Å². The molecule has 1 heterocycles. The number of carbonyl (C=O) groups excluding carboxylic acids is 2. The highest BCUT2D eigenvalue weighted by Gasteiger charge is 2.35. The van der Waals surface area contributed by atoms with Crippen LogP contribution in [-0.2, 0) is 26.2 Å². The molecule has 0 saturated carbocycles. The van der Waals surface area contributed by atoms with Crippen LogP contribution in [0.15, 0.2) is 82.3 Å². The molecule has 0 fully saturated rings. The van der Waals surface area contributed by atoms with Crippen molar-refractivity contribution in [3.05, 3.63) is 78.8 Å². The first-order chi connectivity index (χ1) is 16.7. The van der Waals surface area contributed by atoms with Crippen LogP contribution < -0.4 is 19.7 Å². The molecule has 0 aliphatic heterocycles. The maximum Gasteiger partial charge on any atom is 0.243 e. The normalized spacial score (nSPS) is 12.2. The summed E-state index contributed by atoms with van der Waals surface area (Å²) in [7, 11) is -2.48. The first-order valence-corrected chi connectivity index (χ1v) is 12.5. The second-order valence-corrected chi connectivity index (χ2v) is 9.83. The Morgan fingerprint density at radius 3 is 2.31 bits per heavy atom. The summed E-state index contributed by atoms with van der Waals surface area (Å²) in [5.41, 5.74) is 0.353. The molecular weight excluding hydrogens is 470 g/mol. The molecule has 0 aliphatic rings. The minimum absolute atomic E-state index is 0.0354. The van der Waals surface area contributed by atoms with Crippen molar-refractivity contribution in [2.45, 2.75) is 31.3 Å². The summed E-state index contributed by atoms with van der Waals surface area (Å²) in [5, 5.41) is 2.80. The van der Waals surface area contributed by atoms with Gasteiger partial charge in [0.1, 0.15) is 17.6 Å². The Morgan fingerprint density at radius 2 is 1.69 bits per heavy atom. The summed E-state index contributed by atoms with van der Waals surface area (Å²) in [6.45, 7) is 3.20. The minimum Gasteiger partial charge on any atom is -0.495 e. The van der Waals surface area contributed by atoms with Crippen LogP contribution in [0.3, 0.4) is 0 Å². The molecule has 186 valence electrons. The lowest BCUT2D eigenvalue weighted by atomic mass is 10.00. The summed E-state index contributed by atoms with van der Waals surface area (Å²) in [6.07, 6.45) is 1.50. The van der Waals surface area contributed by atoms with E-state index in [1.807, 2.05) is 0 Å². The standard InChI is InChI=1S/C25H29N3O6S/c1-18(2)24(25(30)26-16-19-10-9-15-34-19)28(21-13-7-8-14-22(21)33-3)23(29)17-27-35(31,32)20-11-5-4-6-12-20/h4-15,18,24,27H,16-17H2,1-3H3,(H,26,30)/t24-/m1/s1. The van der Waals surface area contributed by atoms with Gasteiger partial charge in [0.2, 0.25) is 21.8 Å². The van der Waals surface area contributed by atoms with Gasteiger partial charge in [0.05, 0.1) is 37.0 Å². The van der Waals surface area contributed by atoms with Crippen LogP contribution in [0.5, 0.6) is 5.75 Å². The Hall–Kier alpha value is -3.63.